The van der Waals surface area contributed by atoms with Gasteiger partial charge in [0.25, 0.3) is 0 Å². The van der Waals surface area contributed by atoms with Gasteiger partial charge in [0.1, 0.15) is 5.75 Å². The summed E-state index contributed by atoms with van der Waals surface area (Å²) in [5, 5.41) is 4.92. The number of nitrogens with one attached hydrogen (secondary N) is 1. The Morgan fingerprint density at radius 1 is 1.08 bits per heavy atom. The van der Waals surface area contributed by atoms with E-state index in [9.17, 15) is 0 Å². The molecule has 0 radical (unpaired) electrons. The van der Waals surface area contributed by atoms with Crippen molar-refractivity contribution < 1.29 is 4.74 Å². The highest BCUT2D eigenvalue weighted by atomic mass is 16.5. The lowest BCUT2D eigenvalue weighted by molar-refractivity contribution is 0.414. The number of aromatic nitrogens is 1. The average Bonchev–Trinajstić information content (AvgIpc) is 2.94. The molecule has 3 aromatic rings. The van der Waals surface area contributed by atoms with Crippen molar-refractivity contribution in [2.45, 2.75) is 32.2 Å². The molecule has 2 heterocycles. The van der Waals surface area contributed by atoms with Gasteiger partial charge in [0, 0.05) is 23.1 Å². The molecule has 0 atom stereocenters. The highest BCUT2D eigenvalue weighted by molar-refractivity contribution is 5.86. The molecule has 1 N–H and O–H groups in total. The number of fused-ring (bicyclic) bond motifs is 1. The average molecular weight is 334 g/mol. The normalized spacial score (nSPS) is 15.6. The molecular weight excluding hydrogens is 308 g/mol. The number of piperidine rings is 1. The van der Waals surface area contributed by atoms with Crippen molar-refractivity contribution in [2.24, 2.45) is 0 Å². The summed E-state index contributed by atoms with van der Waals surface area (Å²) in [4.78, 5) is 0. The molecule has 1 saturated heterocycles. The number of hydrogen-bond acceptors (Lipinski definition) is 2. The quantitative estimate of drug-likeness (QED) is 0.762. The van der Waals surface area contributed by atoms with Gasteiger partial charge in [-0.05, 0) is 68.1 Å². The van der Waals surface area contributed by atoms with Gasteiger partial charge in [-0.15, -0.1) is 0 Å². The fraction of sp³-hybridized carbons (Fsp3) is 0.364. The Morgan fingerprint density at radius 2 is 1.88 bits per heavy atom. The topological polar surface area (TPSA) is 26.2 Å². The van der Waals surface area contributed by atoms with Crippen LogP contribution in [0.3, 0.4) is 0 Å². The first-order chi connectivity index (χ1) is 12.3. The second-order valence-corrected chi connectivity index (χ2v) is 6.98. The van der Waals surface area contributed by atoms with E-state index in [0.29, 0.717) is 5.92 Å². The Balaban J connectivity index is 1.79. The van der Waals surface area contributed by atoms with Gasteiger partial charge in [-0.2, -0.15) is 0 Å². The van der Waals surface area contributed by atoms with Gasteiger partial charge < -0.3 is 14.6 Å². The zero-order valence-corrected chi connectivity index (χ0v) is 15.1. The molecule has 3 nitrogen and oxygen atoms in total. The van der Waals surface area contributed by atoms with Gasteiger partial charge in [-0.1, -0.05) is 30.3 Å². The molecule has 1 aliphatic heterocycles. The van der Waals surface area contributed by atoms with Crippen LogP contribution in [-0.4, -0.2) is 24.8 Å². The molecule has 3 heteroatoms. The van der Waals surface area contributed by atoms with Gasteiger partial charge in [-0.3, -0.25) is 0 Å². The minimum atomic E-state index is 0.665. The first-order valence-corrected chi connectivity index (χ1v) is 9.19. The molecule has 0 amide bonds. The summed E-state index contributed by atoms with van der Waals surface area (Å²) in [6.45, 7) is 5.42. The molecule has 0 spiro atoms. The lowest BCUT2D eigenvalue weighted by Gasteiger charge is -2.23. The molecule has 4 rings (SSSR count). The summed E-state index contributed by atoms with van der Waals surface area (Å²) in [6.07, 6.45) is 2.46. The van der Waals surface area contributed by atoms with E-state index >= 15 is 0 Å². The molecule has 25 heavy (non-hydrogen) atoms. The number of hydrogen-bond donors (Lipinski definition) is 1. The molecular formula is C22H26N2O. The van der Waals surface area contributed by atoms with E-state index in [0.717, 1.165) is 25.4 Å². The van der Waals surface area contributed by atoms with Crippen LogP contribution in [0.25, 0.3) is 10.9 Å². The lowest BCUT2D eigenvalue weighted by atomic mass is 9.88. The van der Waals surface area contributed by atoms with Crippen LogP contribution in [-0.2, 0) is 6.54 Å². The molecule has 2 aromatic carbocycles. The number of methoxy groups -OCH3 is 1. The molecule has 0 saturated carbocycles. The highest BCUT2D eigenvalue weighted by Crippen LogP contribution is 2.36. The Labute approximate surface area is 149 Å². The van der Waals surface area contributed by atoms with Gasteiger partial charge in [0.05, 0.1) is 7.11 Å². The number of para-hydroxylation sites is 1. The lowest BCUT2D eigenvalue weighted by Crippen LogP contribution is -2.26. The number of nitrogens with zero attached hydrogens (tertiary/aromatic N) is 1. The maximum absolute atomic E-state index is 5.39. The first kappa shape index (κ1) is 16.2. The van der Waals surface area contributed by atoms with Crippen LogP contribution in [0.4, 0.5) is 0 Å². The Morgan fingerprint density at radius 3 is 2.68 bits per heavy atom. The molecule has 0 bridgehead atoms. The smallest absolute Gasteiger partial charge is 0.119 e. The SMILES string of the molecule is COc1cccc(Cn2c(C)c(C3CCNCC3)c3ccccc32)c1. The van der Waals surface area contributed by atoms with Crippen LogP contribution in [0, 0.1) is 6.92 Å². The highest BCUT2D eigenvalue weighted by Gasteiger charge is 2.23. The molecule has 1 aromatic heterocycles. The Hall–Kier alpha value is -2.26. The summed E-state index contributed by atoms with van der Waals surface area (Å²) in [7, 11) is 1.73. The summed E-state index contributed by atoms with van der Waals surface area (Å²) in [6, 6.07) is 17.3. The largest absolute Gasteiger partial charge is 0.497 e. The van der Waals surface area contributed by atoms with Crippen LogP contribution < -0.4 is 10.1 Å². The predicted molar refractivity (Wildman–Crippen MR) is 104 cm³/mol. The van der Waals surface area contributed by atoms with Crippen molar-refractivity contribution in [2.75, 3.05) is 20.2 Å². The van der Waals surface area contributed by atoms with Crippen LogP contribution >= 0.6 is 0 Å². The summed E-state index contributed by atoms with van der Waals surface area (Å²) < 4.78 is 7.87. The van der Waals surface area contributed by atoms with Crippen LogP contribution in [0.15, 0.2) is 48.5 Å². The third-order valence-corrected chi connectivity index (χ3v) is 5.50. The Bertz CT molecular complexity index is 875. The second kappa shape index (κ2) is 6.93. The van der Waals surface area contributed by atoms with Gasteiger partial charge in [0.15, 0.2) is 0 Å². The van der Waals surface area contributed by atoms with Crippen LogP contribution in [0.2, 0.25) is 0 Å². The molecule has 0 unspecified atom stereocenters. The minimum Gasteiger partial charge on any atom is -0.497 e. The van der Waals surface area contributed by atoms with E-state index in [2.05, 4.69) is 59.3 Å². The van der Waals surface area contributed by atoms with Gasteiger partial charge >= 0.3 is 0 Å². The van der Waals surface area contributed by atoms with E-state index in [1.807, 2.05) is 6.07 Å². The molecule has 0 aliphatic carbocycles. The number of rotatable bonds is 4. The fourth-order valence-electron chi connectivity index (χ4n) is 4.24. The molecule has 130 valence electrons. The number of benzene rings is 2. The standard InChI is InChI=1S/C22H26N2O/c1-16-22(18-10-12-23-13-11-18)20-8-3-4-9-21(20)24(16)15-17-6-5-7-19(14-17)25-2/h3-9,14,18,23H,10-13,15H2,1-2H3. The van der Waals surface area contributed by atoms with Gasteiger partial charge in [-0.25, -0.2) is 0 Å². The van der Waals surface area contributed by atoms with E-state index in [1.165, 1.54) is 35.0 Å². The van der Waals surface area contributed by atoms with Crippen LogP contribution in [0.5, 0.6) is 5.75 Å². The maximum Gasteiger partial charge on any atom is 0.119 e. The van der Waals surface area contributed by atoms with Gasteiger partial charge in [0.2, 0.25) is 0 Å². The second-order valence-electron chi connectivity index (χ2n) is 6.98. The van der Waals surface area contributed by atoms with Crippen molar-refractivity contribution in [1.29, 1.82) is 0 Å². The van der Waals surface area contributed by atoms with E-state index in [1.54, 1.807) is 12.7 Å². The Kier molecular flexibility index (Phi) is 4.50. The molecule has 1 fully saturated rings. The van der Waals surface area contributed by atoms with Crippen molar-refractivity contribution in [3.63, 3.8) is 0 Å². The fourth-order valence-corrected chi connectivity index (χ4v) is 4.24. The molecule has 1 aliphatic rings. The predicted octanol–water partition coefficient (Wildman–Crippen LogP) is 4.47. The summed E-state index contributed by atoms with van der Waals surface area (Å²) in [5.74, 6) is 1.59. The summed E-state index contributed by atoms with van der Waals surface area (Å²) in [5.41, 5.74) is 5.59. The number of ether oxygens (including phenoxy) is 1. The van der Waals surface area contributed by atoms with Crippen molar-refractivity contribution in [1.82, 2.24) is 9.88 Å². The van der Waals surface area contributed by atoms with Crippen molar-refractivity contribution in [3.8, 4) is 5.75 Å². The third-order valence-electron chi connectivity index (χ3n) is 5.50. The van der Waals surface area contributed by atoms with E-state index in [-0.39, 0.29) is 0 Å². The maximum atomic E-state index is 5.39. The van der Waals surface area contributed by atoms with Crippen LogP contribution in [0.1, 0.15) is 35.6 Å². The monoisotopic (exact) mass is 334 g/mol. The zero-order valence-electron chi connectivity index (χ0n) is 15.1. The first-order valence-electron chi connectivity index (χ1n) is 9.19. The third kappa shape index (κ3) is 3.05. The zero-order chi connectivity index (χ0) is 17.2. The van der Waals surface area contributed by atoms with Crippen molar-refractivity contribution >= 4 is 10.9 Å². The van der Waals surface area contributed by atoms with Crippen molar-refractivity contribution in [3.05, 3.63) is 65.4 Å². The minimum absolute atomic E-state index is 0.665. The van der Waals surface area contributed by atoms with E-state index < -0.39 is 0 Å². The van der Waals surface area contributed by atoms with E-state index in [4.69, 9.17) is 4.74 Å². The summed E-state index contributed by atoms with van der Waals surface area (Å²) >= 11 is 0.